The van der Waals surface area contributed by atoms with Crippen molar-refractivity contribution < 1.29 is 19.1 Å². The lowest BCUT2D eigenvalue weighted by atomic mass is 9.89. The van der Waals surface area contributed by atoms with Gasteiger partial charge in [0.05, 0.1) is 13.2 Å². The third-order valence-electron chi connectivity index (χ3n) is 13.1. The van der Waals surface area contributed by atoms with Crippen LogP contribution in [0, 0.1) is 5.92 Å². The number of rotatable bonds is 50. The van der Waals surface area contributed by atoms with Crippen molar-refractivity contribution in [3.05, 3.63) is 24.3 Å². The van der Waals surface area contributed by atoms with Crippen molar-refractivity contribution >= 4 is 11.9 Å². The van der Waals surface area contributed by atoms with E-state index < -0.39 is 0 Å². The molecule has 0 heterocycles. The fraction of sp³-hybridized carbons (Fsp3) is 0.898. The summed E-state index contributed by atoms with van der Waals surface area (Å²) in [6.07, 6.45) is 62.7. The summed E-state index contributed by atoms with van der Waals surface area (Å²) in [4.78, 5) is 22.5. The lowest BCUT2D eigenvalue weighted by Gasteiger charge is -2.17. The van der Waals surface area contributed by atoms with Crippen molar-refractivity contribution in [2.24, 2.45) is 5.92 Å². The van der Waals surface area contributed by atoms with Gasteiger partial charge in [0.15, 0.2) is 0 Å². The molecular weight excluding hydrogens is 773 g/mol. The minimum atomic E-state index is -0.256. The minimum absolute atomic E-state index is 0.248. The molecule has 0 aromatic heterocycles. The van der Waals surface area contributed by atoms with Crippen molar-refractivity contribution in [1.82, 2.24) is 0 Å². The summed E-state index contributed by atoms with van der Waals surface area (Å²) in [5.74, 6) is 0.503. The molecule has 0 aromatic carbocycles. The number of esters is 2. The Morgan fingerprint density at radius 1 is 0.302 bits per heavy atom. The zero-order chi connectivity index (χ0) is 46.5. The maximum absolute atomic E-state index is 11.3. The highest BCUT2D eigenvalue weighted by atomic mass is 16.5. The van der Waals surface area contributed by atoms with Crippen LogP contribution in [-0.4, -0.2) is 25.2 Å². The van der Waals surface area contributed by atoms with Crippen LogP contribution >= 0.6 is 0 Å². The number of carbonyl (C=O) groups excluding carboxylic acids is 2. The summed E-state index contributed by atoms with van der Waals surface area (Å²) in [7, 11) is 0. The SMILES string of the molecule is C=C(C)C(=O)OCCCCCCCCCCCCCCC.C=C(C)C(=O)OCCCCCCCCCCCCCCC(CCCCC)CCCCCCCCCCCCCCCC. The molecule has 0 amide bonds. The van der Waals surface area contributed by atoms with E-state index in [9.17, 15) is 9.59 Å². The summed E-state index contributed by atoms with van der Waals surface area (Å²) < 4.78 is 10.2. The predicted molar refractivity (Wildman–Crippen MR) is 280 cm³/mol. The lowest BCUT2D eigenvalue weighted by molar-refractivity contribution is -0.139. The van der Waals surface area contributed by atoms with Crippen molar-refractivity contribution in [3.8, 4) is 0 Å². The van der Waals surface area contributed by atoms with E-state index in [-0.39, 0.29) is 11.9 Å². The Morgan fingerprint density at radius 2 is 0.476 bits per heavy atom. The van der Waals surface area contributed by atoms with Crippen molar-refractivity contribution in [2.75, 3.05) is 13.2 Å². The fourth-order valence-electron chi connectivity index (χ4n) is 8.74. The van der Waals surface area contributed by atoms with E-state index in [1.807, 2.05) is 0 Å². The fourth-order valence-corrected chi connectivity index (χ4v) is 8.74. The van der Waals surface area contributed by atoms with E-state index >= 15 is 0 Å². The predicted octanol–water partition coefficient (Wildman–Crippen LogP) is 20.4. The molecule has 0 aliphatic heterocycles. The van der Waals surface area contributed by atoms with Crippen LogP contribution in [-0.2, 0) is 19.1 Å². The standard InChI is InChI=1S/C40H78O2.C19H36O2/c1-5-7-9-10-11-12-13-14-15-18-21-24-27-31-35-39(34-30-8-6-2)36-32-28-25-22-19-16-17-20-23-26-29-33-37-42-40(41)38(3)4;1-4-5-6-7-8-9-10-11-12-13-14-15-16-17-21-19(20)18(2)3/h39H,3,5-37H2,1-2,4H3;2,4-17H2,1,3H3. The summed E-state index contributed by atoms with van der Waals surface area (Å²) >= 11 is 0. The molecule has 4 heteroatoms. The topological polar surface area (TPSA) is 52.6 Å². The van der Waals surface area contributed by atoms with Crippen molar-refractivity contribution in [1.29, 1.82) is 0 Å². The van der Waals surface area contributed by atoms with Gasteiger partial charge in [-0.05, 0) is 32.6 Å². The second-order valence-corrected chi connectivity index (χ2v) is 19.9. The van der Waals surface area contributed by atoms with Gasteiger partial charge in [0.2, 0.25) is 0 Å². The zero-order valence-electron chi connectivity index (χ0n) is 43.9. The highest BCUT2D eigenvalue weighted by molar-refractivity contribution is 5.87. The van der Waals surface area contributed by atoms with Crippen LogP contribution in [0.5, 0.6) is 0 Å². The summed E-state index contributed by atoms with van der Waals surface area (Å²) in [6, 6.07) is 0. The molecule has 0 aliphatic carbocycles. The van der Waals surface area contributed by atoms with E-state index in [0.717, 1.165) is 18.8 Å². The van der Waals surface area contributed by atoms with Crippen LogP contribution < -0.4 is 0 Å². The Hall–Kier alpha value is -1.58. The first-order valence-corrected chi connectivity index (χ1v) is 28.4. The number of unbranched alkanes of at least 4 members (excludes halogenated alkanes) is 38. The van der Waals surface area contributed by atoms with Gasteiger partial charge in [-0.25, -0.2) is 9.59 Å². The molecule has 0 rings (SSSR count). The molecule has 0 fully saturated rings. The van der Waals surface area contributed by atoms with Gasteiger partial charge in [-0.3, -0.25) is 0 Å². The normalized spacial score (nSPS) is 11.6. The Morgan fingerprint density at radius 3 is 0.698 bits per heavy atom. The number of hydrogen-bond donors (Lipinski definition) is 0. The van der Waals surface area contributed by atoms with E-state index in [1.54, 1.807) is 13.8 Å². The molecule has 4 nitrogen and oxygen atoms in total. The van der Waals surface area contributed by atoms with Crippen molar-refractivity contribution in [2.45, 2.75) is 324 Å². The van der Waals surface area contributed by atoms with Gasteiger partial charge in [0.1, 0.15) is 0 Å². The molecule has 63 heavy (non-hydrogen) atoms. The van der Waals surface area contributed by atoms with E-state index in [1.165, 1.54) is 276 Å². The van der Waals surface area contributed by atoms with Crippen LogP contribution in [0.4, 0.5) is 0 Å². The Kier molecular flexibility index (Phi) is 55.2. The molecule has 1 atom stereocenters. The molecular formula is C59H114O4. The largest absolute Gasteiger partial charge is 0.462 e. The molecule has 0 N–H and O–H groups in total. The average molecular weight is 888 g/mol. The first-order valence-electron chi connectivity index (χ1n) is 28.4. The van der Waals surface area contributed by atoms with Crippen LogP contribution in [0.25, 0.3) is 0 Å². The minimum Gasteiger partial charge on any atom is -0.462 e. The third kappa shape index (κ3) is 54.7. The van der Waals surface area contributed by atoms with Crippen LogP contribution in [0.15, 0.2) is 24.3 Å². The number of hydrogen-bond acceptors (Lipinski definition) is 4. The van der Waals surface area contributed by atoms with Gasteiger partial charge >= 0.3 is 11.9 Å². The van der Waals surface area contributed by atoms with E-state index in [4.69, 9.17) is 9.47 Å². The van der Waals surface area contributed by atoms with Gasteiger partial charge in [-0.2, -0.15) is 0 Å². The maximum Gasteiger partial charge on any atom is 0.333 e. The number of ether oxygens (including phenoxy) is 2. The maximum atomic E-state index is 11.3. The summed E-state index contributed by atoms with van der Waals surface area (Å²) in [6.45, 7) is 18.6. The lowest BCUT2D eigenvalue weighted by Crippen LogP contribution is -2.05. The molecule has 1 unspecified atom stereocenters. The van der Waals surface area contributed by atoms with Gasteiger partial charge in [0, 0.05) is 11.1 Å². The van der Waals surface area contributed by atoms with Gasteiger partial charge in [-0.15, -0.1) is 0 Å². The second kappa shape index (κ2) is 54.8. The molecule has 0 radical (unpaired) electrons. The van der Waals surface area contributed by atoms with Gasteiger partial charge in [0.25, 0.3) is 0 Å². The highest BCUT2D eigenvalue weighted by Gasteiger charge is 2.09. The van der Waals surface area contributed by atoms with Crippen LogP contribution in [0.2, 0.25) is 0 Å². The van der Waals surface area contributed by atoms with Gasteiger partial charge < -0.3 is 9.47 Å². The van der Waals surface area contributed by atoms with Crippen molar-refractivity contribution in [3.63, 3.8) is 0 Å². The molecule has 0 aliphatic rings. The molecule has 0 bridgehead atoms. The zero-order valence-corrected chi connectivity index (χ0v) is 43.9. The van der Waals surface area contributed by atoms with E-state index in [2.05, 4.69) is 33.9 Å². The molecule has 374 valence electrons. The highest BCUT2D eigenvalue weighted by Crippen LogP contribution is 2.25. The molecule has 0 saturated heterocycles. The van der Waals surface area contributed by atoms with E-state index in [0.29, 0.717) is 24.4 Å². The third-order valence-corrected chi connectivity index (χ3v) is 13.1. The van der Waals surface area contributed by atoms with Gasteiger partial charge in [-0.1, -0.05) is 310 Å². The first kappa shape index (κ1) is 63.5. The Balaban J connectivity index is 0. The molecule has 0 saturated carbocycles. The van der Waals surface area contributed by atoms with Crippen LogP contribution in [0.1, 0.15) is 324 Å². The molecule has 0 aromatic rings. The average Bonchev–Trinajstić information content (AvgIpc) is 3.27. The van der Waals surface area contributed by atoms with Crippen LogP contribution in [0.3, 0.4) is 0 Å². The quantitative estimate of drug-likeness (QED) is 0.0347. The first-order chi connectivity index (χ1) is 30.8. The smallest absolute Gasteiger partial charge is 0.333 e. The Bertz CT molecular complexity index is 955. The monoisotopic (exact) mass is 887 g/mol. The summed E-state index contributed by atoms with van der Waals surface area (Å²) in [5, 5.41) is 0. The second-order valence-electron chi connectivity index (χ2n) is 19.9. The summed E-state index contributed by atoms with van der Waals surface area (Å²) in [5.41, 5.74) is 0.988. The molecule has 0 spiro atoms. The Labute approximate surface area is 396 Å². The number of carbonyl (C=O) groups is 2.